The summed E-state index contributed by atoms with van der Waals surface area (Å²) in [6.45, 7) is 4.30. The summed E-state index contributed by atoms with van der Waals surface area (Å²) in [4.78, 5) is 11.5. The van der Waals surface area contributed by atoms with Crippen molar-refractivity contribution in [2.24, 2.45) is 0 Å². The molecule has 4 heteroatoms. The molecule has 0 saturated carbocycles. The highest BCUT2D eigenvalue weighted by atomic mass is 19.1. The van der Waals surface area contributed by atoms with Crippen molar-refractivity contribution in [2.75, 3.05) is 6.61 Å². The topological polar surface area (TPSA) is 46.5 Å². The summed E-state index contributed by atoms with van der Waals surface area (Å²) < 4.78 is 19.2. The number of aryl methyl sites for hydroxylation is 1. The van der Waals surface area contributed by atoms with Gasteiger partial charge >= 0.3 is 5.97 Å². The lowest BCUT2D eigenvalue weighted by molar-refractivity contribution is -0.130. The molecule has 0 atom stereocenters. The van der Waals surface area contributed by atoms with Gasteiger partial charge in [0.1, 0.15) is 11.6 Å². The van der Waals surface area contributed by atoms with Crippen LogP contribution in [0.4, 0.5) is 4.39 Å². The second-order valence-electron chi connectivity index (χ2n) is 5.24. The van der Waals surface area contributed by atoms with E-state index in [-0.39, 0.29) is 5.57 Å². The minimum absolute atomic E-state index is 0.0473. The van der Waals surface area contributed by atoms with E-state index in [0.717, 1.165) is 12.2 Å². The lowest BCUT2D eigenvalue weighted by Crippen LogP contribution is -2.00. The van der Waals surface area contributed by atoms with Crippen molar-refractivity contribution in [1.29, 1.82) is 0 Å². The average Bonchev–Trinajstić information content (AvgIpc) is 2.54. The van der Waals surface area contributed by atoms with Gasteiger partial charge in [-0.2, -0.15) is 0 Å². The predicted octanol–water partition coefficient (Wildman–Crippen LogP) is 4.55. The Balaban J connectivity index is 2.31. The fraction of sp³-hybridized carbons (Fsp3) is 0.211. The van der Waals surface area contributed by atoms with Gasteiger partial charge in [-0.15, -0.1) is 0 Å². The van der Waals surface area contributed by atoms with Crippen LogP contribution in [0.15, 0.2) is 42.5 Å². The number of hydrogen-bond donors (Lipinski definition) is 1. The first-order valence-corrected chi connectivity index (χ1v) is 7.45. The first kappa shape index (κ1) is 16.7. The van der Waals surface area contributed by atoms with E-state index >= 15 is 0 Å². The molecular formula is C19H19FO3. The Morgan fingerprint density at radius 1 is 1.22 bits per heavy atom. The van der Waals surface area contributed by atoms with Gasteiger partial charge in [0.05, 0.1) is 12.2 Å². The third-order valence-corrected chi connectivity index (χ3v) is 3.38. The van der Waals surface area contributed by atoms with Crippen LogP contribution >= 0.6 is 0 Å². The van der Waals surface area contributed by atoms with Gasteiger partial charge in [0.25, 0.3) is 0 Å². The molecule has 0 unspecified atom stereocenters. The molecule has 0 amide bonds. The average molecular weight is 314 g/mol. The van der Waals surface area contributed by atoms with Crippen molar-refractivity contribution in [3.05, 3.63) is 65.0 Å². The lowest BCUT2D eigenvalue weighted by atomic mass is 10.0. The molecule has 1 N–H and O–H groups in total. The number of rotatable bonds is 6. The number of carbonyl (C=O) groups is 1. The van der Waals surface area contributed by atoms with E-state index in [1.807, 2.05) is 6.92 Å². The second-order valence-corrected chi connectivity index (χ2v) is 5.24. The molecule has 0 aliphatic carbocycles. The van der Waals surface area contributed by atoms with Crippen molar-refractivity contribution in [1.82, 2.24) is 0 Å². The lowest BCUT2D eigenvalue weighted by Gasteiger charge is -2.07. The number of carboxylic acids is 1. The largest absolute Gasteiger partial charge is 0.494 e. The predicted molar refractivity (Wildman–Crippen MR) is 88.9 cm³/mol. The number of carboxylic acid groups (broad SMARTS) is 1. The second kappa shape index (κ2) is 7.58. The number of halogens is 1. The molecule has 0 heterocycles. The molecule has 0 saturated heterocycles. The monoisotopic (exact) mass is 314 g/mol. The van der Waals surface area contributed by atoms with Crippen LogP contribution in [-0.2, 0) is 4.79 Å². The molecule has 3 nitrogen and oxygen atoms in total. The van der Waals surface area contributed by atoms with Crippen molar-refractivity contribution in [2.45, 2.75) is 20.3 Å². The summed E-state index contributed by atoms with van der Waals surface area (Å²) in [5, 5.41) is 9.40. The minimum Gasteiger partial charge on any atom is -0.494 e. The molecule has 0 radical (unpaired) electrons. The summed E-state index contributed by atoms with van der Waals surface area (Å²) in [7, 11) is 0. The summed E-state index contributed by atoms with van der Waals surface area (Å²) in [5.74, 6) is -0.778. The van der Waals surface area contributed by atoms with Gasteiger partial charge in [-0.3, -0.25) is 0 Å². The maximum Gasteiger partial charge on any atom is 0.336 e. The van der Waals surface area contributed by atoms with E-state index in [2.05, 4.69) is 0 Å². The zero-order chi connectivity index (χ0) is 16.8. The number of ether oxygens (including phenoxy) is 1. The third kappa shape index (κ3) is 4.42. The van der Waals surface area contributed by atoms with Gasteiger partial charge in [-0.1, -0.05) is 31.2 Å². The van der Waals surface area contributed by atoms with Crippen molar-refractivity contribution >= 4 is 17.6 Å². The van der Waals surface area contributed by atoms with Gasteiger partial charge in [0.2, 0.25) is 0 Å². The Labute approximate surface area is 135 Å². The Bertz CT molecular complexity index is 718. The highest BCUT2D eigenvalue weighted by molar-refractivity contribution is 6.20. The molecule has 0 fully saturated rings. The van der Waals surface area contributed by atoms with Crippen LogP contribution in [-0.4, -0.2) is 17.7 Å². The molecule has 0 spiro atoms. The van der Waals surface area contributed by atoms with Gasteiger partial charge in [-0.25, -0.2) is 9.18 Å². The normalized spacial score (nSPS) is 11.3. The van der Waals surface area contributed by atoms with Crippen LogP contribution < -0.4 is 4.74 Å². The summed E-state index contributed by atoms with van der Waals surface area (Å²) in [5.41, 5.74) is 1.58. The maximum absolute atomic E-state index is 13.7. The van der Waals surface area contributed by atoms with Crippen LogP contribution in [0.5, 0.6) is 5.75 Å². The van der Waals surface area contributed by atoms with E-state index in [1.54, 1.807) is 43.3 Å². The van der Waals surface area contributed by atoms with E-state index in [9.17, 15) is 14.3 Å². The van der Waals surface area contributed by atoms with Crippen LogP contribution in [0, 0.1) is 12.7 Å². The Morgan fingerprint density at radius 3 is 2.48 bits per heavy atom. The van der Waals surface area contributed by atoms with E-state index in [1.165, 1.54) is 12.1 Å². The van der Waals surface area contributed by atoms with Crippen molar-refractivity contribution in [3.63, 3.8) is 0 Å². The molecule has 0 aromatic heterocycles. The molecule has 0 bridgehead atoms. The molecule has 0 aliphatic rings. The molecule has 0 aliphatic heterocycles. The maximum atomic E-state index is 13.7. The van der Waals surface area contributed by atoms with Gasteiger partial charge in [0.15, 0.2) is 0 Å². The molecule has 2 aromatic carbocycles. The zero-order valence-corrected chi connectivity index (χ0v) is 13.2. The Morgan fingerprint density at radius 2 is 1.91 bits per heavy atom. The van der Waals surface area contributed by atoms with Crippen molar-refractivity contribution < 1.29 is 19.0 Å². The quantitative estimate of drug-likeness (QED) is 0.628. The fourth-order valence-corrected chi connectivity index (χ4v) is 2.08. The van der Waals surface area contributed by atoms with E-state index in [0.29, 0.717) is 23.3 Å². The highest BCUT2D eigenvalue weighted by Crippen LogP contribution is 2.22. The summed E-state index contributed by atoms with van der Waals surface area (Å²) in [6.07, 6.45) is 2.44. The summed E-state index contributed by atoms with van der Waals surface area (Å²) in [6, 6.07) is 11.6. The number of aliphatic carboxylic acids is 1. The minimum atomic E-state index is -1.10. The van der Waals surface area contributed by atoms with Gasteiger partial charge < -0.3 is 9.84 Å². The SMILES string of the molecule is CCCOc1ccc(/C=C(\C(=O)O)c2ccc(C)c(F)c2)cc1. The van der Waals surface area contributed by atoms with Crippen LogP contribution in [0.1, 0.15) is 30.0 Å². The Hall–Kier alpha value is -2.62. The number of benzene rings is 2. The van der Waals surface area contributed by atoms with Crippen LogP contribution in [0.3, 0.4) is 0 Å². The van der Waals surface area contributed by atoms with Gasteiger partial charge in [-0.05, 0) is 54.3 Å². The molecule has 2 aromatic rings. The fourth-order valence-electron chi connectivity index (χ4n) is 2.08. The Kier molecular flexibility index (Phi) is 5.52. The molecule has 120 valence electrons. The first-order valence-electron chi connectivity index (χ1n) is 7.45. The molecular weight excluding hydrogens is 295 g/mol. The smallest absolute Gasteiger partial charge is 0.336 e. The van der Waals surface area contributed by atoms with Gasteiger partial charge in [0, 0.05) is 0 Å². The summed E-state index contributed by atoms with van der Waals surface area (Å²) >= 11 is 0. The molecule has 23 heavy (non-hydrogen) atoms. The highest BCUT2D eigenvalue weighted by Gasteiger charge is 2.12. The first-order chi connectivity index (χ1) is 11.0. The third-order valence-electron chi connectivity index (χ3n) is 3.38. The van der Waals surface area contributed by atoms with Crippen molar-refractivity contribution in [3.8, 4) is 5.75 Å². The van der Waals surface area contributed by atoms with Crippen LogP contribution in [0.2, 0.25) is 0 Å². The zero-order valence-electron chi connectivity index (χ0n) is 13.2. The number of hydrogen-bond acceptors (Lipinski definition) is 2. The standard InChI is InChI=1S/C19H19FO3/c1-3-10-23-16-8-5-14(6-9-16)11-17(19(21)22)15-7-4-13(2)18(20)12-15/h4-9,11-12H,3,10H2,1-2H3,(H,21,22)/b17-11-. The van der Waals surface area contributed by atoms with Crippen LogP contribution in [0.25, 0.3) is 11.6 Å². The molecule has 2 rings (SSSR count). The van der Waals surface area contributed by atoms with E-state index < -0.39 is 11.8 Å². The van der Waals surface area contributed by atoms with E-state index in [4.69, 9.17) is 4.74 Å².